The monoisotopic (exact) mass is 461 g/mol. The summed E-state index contributed by atoms with van der Waals surface area (Å²) < 4.78 is 4.40. The van der Waals surface area contributed by atoms with Crippen LogP contribution in [0.3, 0.4) is 0 Å². The van der Waals surface area contributed by atoms with Crippen LogP contribution in [0.5, 0.6) is 0 Å². The second-order valence-corrected chi connectivity index (χ2v) is 9.08. The van der Waals surface area contributed by atoms with E-state index in [2.05, 4.69) is 63.7 Å². The lowest BCUT2D eigenvalue weighted by molar-refractivity contribution is 0.820. The summed E-state index contributed by atoms with van der Waals surface area (Å²) in [6.07, 6.45) is 6.65. The van der Waals surface area contributed by atoms with Crippen LogP contribution in [0.1, 0.15) is 12.0 Å². The standard InChI is InChI=1S/C31H19N5/c32-18-20-7-5-9-22(15-20)35-28-14-4-2-12-25(28)30-29(35)17-26-24-11-1-3-13-27(24)36(31(26)34-30)23-10-6-8-21(16-23)19-33/h1-15,17,21H,16H2. The molecule has 3 heterocycles. The van der Waals surface area contributed by atoms with Gasteiger partial charge in [-0.1, -0.05) is 54.6 Å². The first-order valence-electron chi connectivity index (χ1n) is 11.9. The maximum Gasteiger partial charge on any atom is 0.146 e. The van der Waals surface area contributed by atoms with Crippen LogP contribution in [0.4, 0.5) is 0 Å². The number of hydrogen-bond donors (Lipinski definition) is 0. The third-order valence-corrected chi connectivity index (χ3v) is 7.02. The van der Waals surface area contributed by atoms with Gasteiger partial charge < -0.3 is 4.57 Å². The molecule has 0 radical (unpaired) electrons. The largest absolute Gasteiger partial charge is 0.308 e. The minimum Gasteiger partial charge on any atom is -0.308 e. The number of allylic oxidation sites excluding steroid dienone is 4. The summed E-state index contributed by atoms with van der Waals surface area (Å²) in [4.78, 5) is 5.29. The van der Waals surface area contributed by atoms with E-state index in [1.54, 1.807) is 0 Å². The van der Waals surface area contributed by atoms with Crippen LogP contribution < -0.4 is 0 Å². The maximum atomic E-state index is 9.56. The molecule has 1 unspecified atom stereocenters. The number of hydrogen-bond acceptors (Lipinski definition) is 3. The van der Waals surface area contributed by atoms with Crippen LogP contribution in [-0.4, -0.2) is 14.1 Å². The van der Waals surface area contributed by atoms with E-state index in [0.29, 0.717) is 12.0 Å². The van der Waals surface area contributed by atoms with E-state index in [-0.39, 0.29) is 5.92 Å². The Kier molecular flexibility index (Phi) is 4.33. The number of aromatic nitrogens is 3. The molecule has 3 aromatic carbocycles. The highest BCUT2D eigenvalue weighted by Gasteiger charge is 2.22. The van der Waals surface area contributed by atoms with Gasteiger partial charge in [-0.15, -0.1) is 0 Å². The van der Waals surface area contributed by atoms with E-state index in [9.17, 15) is 10.5 Å². The van der Waals surface area contributed by atoms with E-state index >= 15 is 0 Å². The van der Waals surface area contributed by atoms with Crippen molar-refractivity contribution in [1.82, 2.24) is 14.1 Å². The Morgan fingerprint density at radius 2 is 1.56 bits per heavy atom. The zero-order valence-electron chi connectivity index (χ0n) is 19.3. The fourth-order valence-electron chi connectivity index (χ4n) is 5.44. The minimum atomic E-state index is -0.153. The van der Waals surface area contributed by atoms with Crippen molar-refractivity contribution in [3.63, 3.8) is 0 Å². The average Bonchev–Trinajstić information content (AvgIpc) is 3.44. The quantitative estimate of drug-likeness (QED) is 0.276. The Morgan fingerprint density at radius 1 is 0.778 bits per heavy atom. The lowest BCUT2D eigenvalue weighted by Crippen LogP contribution is -2.06. The Labute approximate surface area is 207 Å². The normalized spacial score (nSPS) is 15.4. The molecule has 1 aliphatic carbocycles. The first kappa shape index (κ1) is 20.3. The number of pyridine rings is 1. The summed E-state index contributed by atoms with van der Waals surface area (Å²) in [5, 5.41) is 22.3. The summed E-state index contributed by atoms with van der Waals surface area (Å²) in [7, 11) is 0. The third kappa shape index (κ3) is 2.84. The van der Waals surface area contributed by atoms with Crippen LogP contribution in [0, 0.1) is 28.6 Å². The van der Waals surface area contributed by atoms with E-state index < -0.39 is 0 Å². The Morgan fingerprint density at radius 3 is 2.36 bits per heavy atom. The first-order chi connectivity index (χ1) is 17.8. The number of benzene rings is 3. The molecule has 36 heavy (non-hydrogen) atoms. The Balaban J connectivity index is 1.62. The molecule has 0 saturated heterocycles. The summed E-state index contributed by atoms with van der Waals surface area (Å²) >= 11 is 0. The Bertz CT molecular complexity index is 2000. The molecule has 0 spiro atoms. The van der Waals surface area contributed by atoms with Crippen LogP contribution in [0.25, 0.3) is 55.3 Å². The molecule has 1 atom stereocenters. The summed E-state index contributed by atoms with van der Waals surface area (Å²) in [6.45, 7) is 0. The van der Waals surface area contributed by atoms with Gasteiger partial charge in [0, 0.05) is 34.0 Å². The number of fused-ring (bicyclic) bond motifs is 6. The number of nitrogens with zero attached hydrogens (tertiary/aromatic N) is 5. The van der Waals surface area contributed by atoms with Crippen molar-refractivity contribution in [3.05, 3.63) is 103 Å². The molecule has 0 fully saturated rings. The van der Waals surface area contributed by atoms with Crippen molar-refractivity contribution in [2.45, 2.75) is 6.42 Å². The fourth-order valence-corrected chi connectivity index (χ4v) is 5.44. The summed E-state index contributed by atoms with van der Waals surface area (Å²) in [5.41, 5.74) is 7.53. The smallest absolute Gasteiger partial charge is 0.146 e. The SMILES string of the molecule is N#Cc1cccc(-n2c3ccccc3c3nc4c(cc32)c2ccccc2n4C2=CC=CC(C#N)C2)c1. The molecular formula is C31H19N5. The van der Waals surface area contributed by atoms with Crippen LogP contribution in [-0.2, 0) is 0 Å². The molecule has 0 saturated carbocycles. The Hall–Kier alpha value is -5.13. The molecular weight excluding hydrogens is 442 g/mol. The summed E-state index contributed by atoms with van der Waals surface area (Å²) in [6, 6.07) is 31.2. The third-order valence-electron chi connectivity index (χ3n) is 7.02. The highest BCUT2D eigenvalue weighted by atomic mass is 15.1. The molecule has 5 nitrogen and oxygen atoms in total. The van der Waals surface area contributed by atoms with E-state index in [1.165, 1.54) is 0 Å². The molecule has 7 rings (SSSR count). The molecule has 0 amide bonds. The van der Waals surface area contributed by atoms with E-state index in [0.717, 1.165) is 55.3 Å². The average molecular weight is 462 g/mol. The molecule has 3 aromatic heterocycles. The van der Waals surface area contributed by atoms with Gasteiger partial charge in [0.1, 0.15) is 5.65 Å². The molecule has 6 aromatic rings. The highest BCUT2D eigenvalue weighted by Crippen LogP contribution is 2.38. The summed E-state index contributed by atoms with van der Waals surface area (Å²) in [5.74, 6) is -0.153. The topological polar surface area (TPSA) is 70.3 Å². The number of nitriles is 2. The highest BCUT2D eigenvalue weighted by molar-refractivity contribution is 6.16. The van der Waals surface area contributed by atoms with Gasteiger partial charge in [0.15, 0.2) is 0 Å². The van der Waals surface area contributed by atoms with Gasteiger partial charge >= 0.3 is 0 Å². The van der Waals surface area contributed by atoms with Crippen molar-refractivity contribution >= 4 is 49.6 Å². The van der Waals surface area contributed by atoms with Gasteiger partial charge in [-0.3, -0.25) is 4.57 Å². The molecule has 0 N–H and O–H groups in total. The van der Waals surface area contributed by atoms with Gasteiger partial charge in [-0.25, -0.2) is 4.98 Å². The fraction of sp³-hybridized carbons (Fsp3) is 0.0645. The van der Waals surface area contributed by atoms with E-state index in [1.807, 2.05) is 54.6 Å². The van der Waals surface area contributed by atoms with Crippen molar-refractivity contribution in [2.24, 2.45) is 5.92 Å². The lowest BCUT2D eigenvalue weighted by atomic mass is 9.99. The molecule has 5 heteroatoms. The first-order valence-corrected chi connectivity index (χ1v) is 11.9. The van der Waals surface area contributed by atoms with Gasteiger partial charge in [0.2, 0.25) is 0 Å². The predicted molar refractivity (Wildman–Crippen MR) is 143 cm³/mol. The van der Waals surface area contributed by atoms with Gasteiger partial charge in [-0.2, -0.15) is 10.5 Å². The molecule has 0 bridgehead atoms. The predicted octanol–water partition coefficient (Wildman–Crippen LogP) is 7.10. The number of rotatable bonds is 2. The van der Waals surface area contributed by atoms with Gasteiger partial charge in [0.05, 0.1) is 45.7 Å². The lowest BCUT2D eigenvalue weighted by Gasteiger charge is -2.16. The van der Waals surface area contributed by atoms with Gasteiger partial charge in [-0.05, 0) is 42.5 Å². The zero-order chi connectivity index (χ0) is 24.2. The van der Waals surface area contributed by atoms with E-state index in [4.69, 9.17) is 4.98 Å². The molecule has 168 valence electrons. The second kappa shape index (κ2) is 7.70. The van der Waals surface area contributed by atoms with Crippen molar-refractivity contribution in [2.75, 3.05) is 0 Å². The zero-order valence-corrected chi connectivity index (χ0v) is 19.3. The second-order valence-electron chi connectivity index (χ2n) is 9.08. The molecule has 0 aliphatic heterocycles. The van der Waals surface area contributed by atoms with Crippen molar-refractivity contribution in [3.8, 4) is 17.8 Å². The van der Waals surface area contributed by atoms with Crippen LogP contribution >= 0.6 is 0 Å². The van der Waals surface area contributed by atoms with Crippen molar-refractivity contribution < 1.29 is 0 Å². The van der Waals surface area contributed by atoms with Crippen LogP contribution in [0.2, 0.25) is 0 Å². The maximum absolute atomic E-state index is 9.56. The van der Waals surface area contributed by atoms with Crippen molar-refractivity contribution in [1.29, 1.82) is 10.5 Å². The minimum absolute atomic E-state index is 0.153. The molecule has 1 aliphatic rings. The van der Waals surface area contributed by atoms with Gasteiger partial charge in [0.25, 0.3) is 0 Å². The number of para-hydroxylation sites is 2. The van der Waals surface area contributed by atoms with Crippen LogP contribution in [0.15, 0.2) is 97.1 Å².